The van der Waals surface area contributed by atoms with Gasteiger partial charge in [-0.05, 0) is 50.1 Å². The maximum Gasteiger partial charge on any atom is 0.392 e. The Bertz CT molecular complexity index is 1180. The number of alkyl halides is 3. The van der Waals surface area contributed by atoms with Gasteiger partial charge in [0.25, 0.3) is 0 Å². The van der Waals surface area contributed by atoms with Gasteiger partial charge < -0.3 is 14.4 Å². The molecule has 176 valence electrons. The van der Waals surface area contributed by atoms with Crippen molar-refractivity contribution in [3.8, 4) is 5.75 Å². The fourth-order valence-corrected chi connectivity index (χ4v) is 4.52. The van der Waals surface area contributed by atoms with E-state index in [1.165, 1.54) is 0 Å². The van der Waals surface area contributed by atoms with Crippen LogP contribution < -0.4 is 4.74 Å². The first-order chi connectivity index (χ1) is 15.7. The van der Waals surface area contributed by atoms with Crippen LogP contribution in [0, 0.1) is 6.92 Å². The number of aliphatic carboxylic acids is 1. The van der Waals surface area contributed by atoms with E-state index in [0.29, 0.717) is 12.2 Å². The van der Waals surface area contributed by atoms with Crippen LogP contribution in [0.15, 0.2) is 48.7 Å². The maximum atomic E-state index is 12.3. The summed E-state index contributed by atoms with van der Waals surface area (Å²) in [5.74, 6) is -0.515. The summed E-state index contributed by atoms with van der Waals surface area (Å²) in [4.78, 5) is 16.4. The Labute approximate surface area is 193 Å². The molecule has 1 aromatic carbocycles. The van der Waals surface area contributed by atoms with Crippen molar-refractivity contribution >= 4 is 33.8 Å². The first-order valence-electron chi connectivity index (χ1n) is 10.4. The van der Waals surface area contributed by atoms with E-state index in [-0.39, 0.29) is 6.61 Å². The minimum Gasteiger partial charge on any atom is -0.482 e. The summed E-state index contributed by atoms with van der Waals surface area (Å²) in [5, 5.41) is 10.5. The smallest absolute Gasteiger partial charge is 0.392 e. The second-order valence-electron chi connectivity index (χ2n) is 7.50. The lowest BCUT2D eigenvalue weighted by atomic mass is 10.1. The predicted molar refractivity (Wildman–Crippen MR) is 124 cm³/mol. The number of carboxylic acid groups (broad SMARTS) is 1. The number of thiazole rings is 1. The molecule has 1 N–H and O–H groups in total. The molecule has 0 unspecified atom stereocenters. The first kappa shape index (κ1) is 24.6. The van der Waals surface area contributed by atoms with Crippen molar-refractivity contribution < 1.29 is 27.8 Å². The minimum atomic E-state index is -4.19. The number of carboxylic acids is 1. The summed E-state index contributed by atoms with van der Waals surface area (Å²) in [7, 11) is 0. The number of nitrogens with zero attached hydrogens (tertiary/aromatic N) is 2. The lowest BCUT2D eigenvalue weighted by molar-refractivity contribution is -0.139. The molecule has 0 fully saturated rings. The second-order valence-corrected chi connectivity index (χ2v) is 8.58. The predicted octanol–water partition coefficient (Wildman–Crippen LogP) is 6.41. The third-order valence-electron chi connectivity index (χ3n) is 5.05. The molecule has 0 aliphatic rings. The van der Waals surface area contributed by atoms with Gasteiger partial charge in [-0.2, -0.15) is 13.2 Å². The molecule has 9 heteroatoms. The molecule has 0 aliphatic heterocycles. The molecular weight excluding hydrogens is 453 g/mol. The van der Waals surface area contributed by atoms with Crippen LogP contribution in [0.3, 0.4) is 0 Å². The highest BCUT2D eigenvalue weighted by Gasteiger charge is 2.24. The molecule has 33 heavy (non-hydrogen) atoms. The van der Waals surface area contributed by atoms with E-state index in [9.17, 15) is 18.0 Å². The molecule has 0 saturated heterocycles. The van der Waals surface area contributed by atoms with E-state index < -0.39 is 18.6 Å². The van der Waals surface area contributed by atoms with Crippen LogP contribution in [0.5, 0.6) is 5.75 Å². The molecule has 0 saturated carbocycles. The van der Waals surface area contributed by atoms with Gasteiger partial charge in [-0.3, -0.25) is 0 Å². The highest BCUT2D eigenvalue weighted by atomic mass is 32.1. The Morgan fingerprint density at radius 3 is 2.76 bits per heavy atom. The Morgan fingerprint density at radius 1 is 1.27 bits per heavy atom. The van der Waals surface area contributed by atoms with E-state index in [1.807, 2.05) is 44.3 Å². The van der Waals surface area contributed by atoms with Crippen molar-refractivity contribution in [2.45, 2.75) is 45.8 Å². The molecule has 0 amide bonds. The SMILES string of the molecule is C/C=C(\C/C=C\CC(F)(F)F)c1nc(C)c(CCn2ccc3cc(OCC(=O)O)ccc32)s1. The summed E-state index contributed by atoms with van der Waals surface area (Å²) < 4.78 is 44.3. The van der Waals surface area contributed by atoms with Gasteiger partial charge in [-0.1, -0.05) is 18.2 Å². The van der Waals surface area contributed by atoms with E-state index in [2.05, 4.69) is 9.55 Å². The average Bonchev–Trinajstić information content (AvgIpc) is 3.32. The molecule has 2 aromatic heterocycles. The summed E-state index contributed by atoms with van der Waals surface area (Å²) in [5.41, 5.74) is 2.85. The number of allylic oxidation sites excluding steroid dienone is 4. The van der Waals surface area contributed by atoms with Crippen LogP contribution in [0.1, 0.15) is 35.3 Å². The van der Waals surface area contributed by atoms with Gasteiger partial charge in [0.1, 0.15) is 10.8 Å². The Morgan fingerprint density at radius 2 is 2.06 bits per heavy atom. The quantitative estimate of drug-likeness (QED) is 0.342. The molecule has 3 rings (SSSR count). The standard InChI is InChI=1S/C24H25F3N2O3S/c1-3-17(6-4-5-11-24(25,26)27)23-28-16(2)21(33-23)10-13-29-12-9-18-14-19(7-8-20(18)29)32-15-22(30)31/h3-5,7-9,12,14H,6,10-11,13,15H2,1-2H3,(H,30,31)/b5-4-,17-3+. The van der Waals surface area contributed by atoms with E-state index in [4.69, 9.17) is 9.84 Å². The molecular formula is C24H25F3N2O3S. The van der Waals surface area contributed by atoms with Crippen LogP contribution in [-0.4, -0.2) is 33.4 Å². The van der Waals surface area contributed by atoms with Crippen molar-refractivity contribution in [1.82, 2.24) is 9.55 Å². The van der Waals surface area contributed by atoms with Crippen molar-refractivity contribution in [2.24, 2.45) is 0 Å². The fraction of sp³-hybridized carbons (Fsp3) is 0.333. The number of aryl methyl sites for hydroxylation is 3. The van der Waals surface area contributed by atoms with Crippen LogP contribution in [0.25, 0.3) is 16.5 Å². The summed E-state index contributed by atoms with van der Waals surface area (Å²) in [6.07, 6.45) is 2.63. The number of halogens is 3. The van der Waals surface area contributed by atoms with Crippen LogP contribution in [-0.2, 0) is 17.8 Å². The second kappa shape index (κ2) is 10.7. The molecule has 0 radical (unpaired) electrons. The highest BCUT2D eigenvalue weighted by molar-refractivity contribution is 7.12. The minimum absolute atomic E-state index is 0.383. The third-order valence-corrected chi connectivity index (χ3v) is 6.35. The Kier molecular flexibility index (Phi) is 7.97. The zero-order valence-corrected chi connectivity index (χ0v) is 19.2. The van der Waals surface area contributed by atoms with Crippen molar-refractivity contribution in [3.63, 3.8) is 0 Å². The van der Waals surface area contributed by atoms with E-state index >= 15 is 0 Å². The molecule has 2 heterocycles. The largest absolute Gasteiger partial charge is 0.482 e. The highest BCUT2D eigenvalue weighted by Crippen LogP contribution is 2.29. The topological polar surface area (TPSA) is 64.4 Å². The number of rotatable bonds is 10. The number of carbonyl (C=O) groups is 1. The number of hydrogen-bond acceptors (Lipinski definition) is 4. The molecule has 0 spiro atoms. The summed E-state index contributed by atoms with van der Waals surface area (Å²) in [6, 6.07) is 7.43. The summed E-state index contributed by atoms with van der Waals surface area (Å²) in [6.45, 7) is 4.16. The van der Waals surface area contributed by atoms with Crippen LogP contribution >= 0.6 is 11.3 Å². The normalized spacial score (nSPS) is 12.7. The van der Waals surface area contributed by atoms with E-state index in [0.717, 1.165) is 51.1 Å². The molecule has 0 bridgehead atoms. The van der Waals surface area contributed by atoms with Gasteiger partial charge in [0, 0.05) is 34.9 Å². The fourth-order valence-electron chi connectivity index (χ4n) is 3.38. The third kappa shape index (κ3) is 6.95. The molecule has 3 aromatic rings. The molecule has 0 aliphatic carbocycles. The zero-order chi connectivity index (χ0) is 24.0. The lowest BCUT2D eigenvalue weighted by Crippen LogP contribution is -2.09. The number of benzene rings is 1. The zero-order valence-electron chi connectivity index (χ0n) is 18.4. The average molecular weight is 479 g/mol. The Hall–Kier alpha value is -3.07. The molecule has 5 nitrogen and oxygen atoms in total. The number of ether oxygens (including phenoxy) is 1. The van der Waals surface area contributed by atoms with Gasteiger partial charge in [-0.15, -0.1) is 11.3 Å². The van der Waals surface area contributed by atoms with Crippen LogP contribution in [0.2, 0.25) is 0 Å². The lowest BCUT2D eigenvalue weighted by Gasteiger charge is -2.07. The molecule has 0 atom stereocenters. The first-order valence-corrected chi connectivity index (χ1v) is 11.2. The van der Waals surface area contributed by atoms with Gasteiger partial charge in [-0.25, -0.2) is 9.78 Å². The number of aromatic nitrogens is 2. The number of hydrogen-bond donors (Lipinski definition) is 1. The van der Waals surface area contributed by atoms with Gasteiger partial charge in [0.2, 0.25) is 0 Å². The van der Waals surface area contributed by atoms with E-state index in [1.54, 1.807) is 23.5 Å². The van der Waals surface area contributed by atoms with Gasteiger partial charge in [0.05, 0.1) is 12.1 Å². The number of fused-ring (bicyclic) bond motifs is 1. The monoisotopic (exact) mass is 478 g/mol. The van der Waals surface area contributed by atoms with Crippen molar-refractivity contribution in [3.05, 3.63) is 64.3 Å². The Balaban J connectivity index is 1.65. The summed E-state index contributed by atoms with van der Waals surface area (Å²) >= 11 is 1.57. The van der Waals surface area contributed by atoms with Crippen molar-refractivity contribution in [2.75, 3.05) is 6.61 Å². The maximum absolute atomic E-state index is 12.3. The van der Waals surface area contributed by atoms with Gasteiger partial charge >= 0.3 is 12.1 Å². The van der Waals surface area contributed by atoms with Gasteiger partial charge in [0.15, 0.2) is 6.61 Å². The van der Waals surface area contributed by atoms with Crippen LogP contribution in [0.4, 0.5) is 13.2 Å². The van der Waals surface area contributed by atoms with Crippen molar-refractivity contribution in [1.29, 1.82) is 0 Å².